The van der Waals surface area contributed by atoms with E-state index in [1.807, 2.05) is 0 Å². The van der Waals surface area contributed by atoms with Crippen molar-refractivity contribution in [1.82, 2.24) is 5.32 Å². The lowest BCUT2D eigenvalue weighted by atomic mass is 10.2. The van der Waals surface area contributed by atoms with E-state index in [0.29, 0.717) is 5.56 Å². The van der Waals surface area contributed by atoms with E-state index in [-0.39, 0.29) is 24.6 Å². The number of nitrogens with zero attached hydrogens (tertiary/aromatic N) is 1. The van der Waals surface area contributed by atoms with Crippen LogP contribution >= 0.6 is 0 Å². The van der Waals surface area contributed by atoms with Crippen LogP contribution in [0.15, 0.2) is 18.2 Å². The number of terminal acetylenes is 1. The second-order valence-corrected chi connectivity index (χ2v) is 3.45. The molecule has 0 saturated carbocycles. The van der Waals surface area contributed by atoms with Crippen LogP contribution in [0.5, 0.6) is 5.75 Å². The highest BCUT2D eigenvalue weighted by Gasteiger charge is 2.17. The number of para-hydroxylation sites is 1. The summed E-state index contributed by atoms with van der Waals surface area (Å²) in [6.07, 6.45) is 4.98. The van der Waals surface area contributed by atoms with Crippen LogP contribution in [-0.2, 0) is 4.79 Å². The van der Waals surface area contributed by atoms with Gasteiger partial charge in [0.05, 0.1) is 11.5 Å². The zero-order chi connectivity index (χ0) is 13.5. The SMILES string of the molecule is C#CCNC(=O)COc1c(C)cccc1[N+](=O)[O-]. The number of benzene rings is 1. The number of hydrogen-bond donors (Lipinski definition) is 1. The number of carbonyl (C=O) groups excluding carboxylic acids is 1. The fourth-order valence-corrected chi connectivity index (χ4v) is 1.31. The van der Waals surface area contributed by atoms with Crippen LogP contribution < -0.4 is 10.1 Å². The van der Waals surface area contributed by atoms with Crippen LogP contribution in [0.3, 0.4) is 0 Å². The van der Waals surface area contributed by atoms with Crippen molar-refractivity contribution < 1.29 is 14.5 Å². The van der Waals surface area contributed by atoms with E-state index >= 15 is 0 Å². The Bertz CT molecular complexity index is 505. The van der Waals surface area contributed by atoms with Crippen LogP contribution in [0.25, 0.3) is 0 Å². The van der Waals surface area contributed by atoms with Crippen molar-refractivity contribution in [2.24, 2.45) is 0 Å². The molecule has 0 aromatic heterocycles. The Kier molecular flexibility index (Phi) is 4.69. The first-order chi connectivity index (χ1) is 8.56. The number of nitro benzene ring substituents is 1. The molecule has 0 unspecified atom stereocenters. The number of aryl methyl sites for hydroxylation is 1. The third kappa shape index (κ3) is 3.49. The predicted octanol–water partition coefficient (Wildman–Crippen LogP) is 1.03. The van der Waals surface area contributed by atoms with Gasteiger partial charge in [-0.05, 0) is 12.5 Å². The van der Waals surface area contributed by atoms with Gasteiger partial charge in [-0.3, -0.25) is 14.9 Å². The lowest BCUT2D eigenvalue weighted by Crippen LogP contribution is -2.29. The molecule has 0 aliphatic rings. The lowest BCUT2D eigenvalue weighted by molar-refractivity contribution is -0.385. The molecule has 1 amide bonds. The summed E-state index contributed by atoms with van der Waals surface area (Å²) in [6.45, 7) is 1.45. The molecular formula is C12H12N2O4. The normalized spacial score (nSPS) is 9.33. The molecule has 0 spiro atoms. The van der Waals surface area contributed by atoms with Crippen molar-refractivity contribution in [2.45, 2.75) is 6.92 Å². The summed E-state index contributed by atoms with van der Waals surface area (Å²) in [6, 6.07) is 4.54. The number of ether oxygens (including phenoxy) is 1. The van der Waals surface area contributed by atoms with Gasteiger partial charge in [-0.1, -0.05) is 18.1 Å². The maximum atomic E-state index is 11.3. The first kappa shape index (κ1) is 13.5. The minimum Gasteiger partial charge on any atom is -0.477 e. The van der Waals surface area contributed by atoms with Crippen LogP contribution in [0, 0.1) is 29.4 Å². The molecule has 0 bridgehead atoms. The van der Waals surface area contributed by atoms with Gasteiger partial charge in [0.25, 0.3) is 5.91 Å². The maximum absolute atomic E-state index is 11.3. The first-order valence-electron chi connectivity index (χ1n) is 5.13. The van der Waals surface area contributed by atoms with Crippen molar-refractivity contribution in [3.63, 3.8) is 0 Å². The summed E-state index contributed by atoms with van der Waals surface area (Å²) in [5.41, 5.74) is 0.425. The minimum absolute atomic E-state index is 0.0953. The number of rotatable bonds is 5. The Labute approximate surface area is 104 Å². The Morgan fingerprint density at radius 2 is 2.33 bits per heavy atom. The number of carbonyl (C=O) groups is 1. The molecule has 0 fully saturated rings. The second kappa shape index (κ2) is 6.25. The second-order valence-electron chi connectivity index (χ2n) is 3.45. The Morgan fingerprint density at radius 1 is 1.61 bits per heavy atom. The quantitative estimate of drug-likeness (QED) is 0.479. The molecule has 0 heterocycles. The standard InChI is InChI=1S/C12H12N2O4/c1-3-7-13-11(15)8-18-12-9(2)5-4-6-10(12)14(16)17/h1,4-6H,7-8H2,2H3,(H,13,15). The average molecular weight is 248 g/mol. The molecule has 0 atom stereocenters. The fraction of sp³-hybridized carbons (Fsp3) is 0.250. The van der Waals surface area contributed by atoms with Crippen molar-refractivity contribution in [3.05, 3.63) is 33.9 Å². The van der Waals surface area contributed by atoms with Crippen molar-refractivity contribution in [1.29, 1.82) is 0 Å². The highest BCUT2D eigenvalue weighted by molar-refractivity contribution is 5.78. The summed E-state index contributed by atoms with van der Waals surface area (Å²) in [7, 11) is 0. The van der Waals surface area contributed by atoms with Crippen molar-refractivity contribution in [3.8, 4) is 18.1 Å². The summed E-state index contributed by atoms with van der Waals surface area (Å²) in [5.74, 6) is 1.91. The molecule has 1 aromatic carbocycles. The van der Waals surface area contributed by atoms with Gasteiger partial charge >= 0.3 is 5.69 Å². The summed E-state index contributed by atoms with van der Waals surface area (Å²) < 4.78 is 5.17. The van der Waals surface area contributed by atoms with Crippen molar-refractivity contribution in [2.75, 3.05) is 13.2 Å². The molecule has 0 saturated heterocycles. The van der Waals surface area contributed by atoms with Gasteiger partial charge in [0, 0.05) is 6.07 Å². The summed E-state index contributed by atoms with van der Waals surface area (Å²) in [5, 5.41) is 13.2. The molecule has 6 heteroatoms. The highest BCUT2D eigenvalue weighted by Crippen LogP contribution is 2.29. The monoisotopic (exact) mass is 248 g/mol. The number of hydrogen-bond acceptors (Lipinski definition) is 4. The Hall–Kier alpha value is -2.55. The van der Waals surface area contributed by atoms with Gasteiger partial charge in [0.15, 0.2) is 6.61 Å². The Morgan fingerprint density at radius 3 is 2.94 bits per heavy atom. The number of amides is 1. The molecule has 18 heavy (non-hydrogen) atoms. The van der Waals surface area contributed by atoms with E-state index in [0.717, 1.165) is 0 Å². The van der Waals surface area contributed by atoms with Gasteiger partial charge in [-0.15, -0.1) is 6.42 Å². The number of nitro groups is 1. The smallest absolute Gasteiger partial charge is 0.311 e. The topological polar surface area (TPSA) is 81.5 Å². The van der Waals surface area contributed by atoms with Gasteiger partial charge in [-0.25, -0.2) is 0 Å². The lowest BCUT2D eigenvalue weighted by Gasteiger charge is -2.08. The summed E-state index contributed by atoms with van der Waals surface area (Å²) in [4.78, 5) is 21.5. The zero-order valence-electron chi connectivity index (χ0n) is 9.80. The summed E-state index contributed by atoms with van der Waals surface area (Å²) >= 11 is 0. The molecule has 0 aliphatic carbocycles. The van der Waals surface area contributed by atoms with Gasteiger partial charge < -0.3 is 10.1 Å². The molecule has 1 rings (SSSR count). The molecule has 1 N–H and O–H groups in total. The fourth-order valence-electron chi connectivity index (χ4n) is 1.31. The van der Waals surface area contributed by atoms with E-state index in [4.69, 9.17) is 11.2 Å². The third-order valence-corrected chi connectivity index (χ3v) is 2.12. The molecule has 0 radical (unpaired) electrons. The van der Waals surface area contributed by atoms with E-state index in [2.05, 4.69) is 11.2 Å². The molecule has 0 aliphatic heterocycles. The Balaban J connectivity index is 2.76. The predicted molar refractivity (Wildman–Crippen MR) is 65.2 cm³/mol. The van der Waals surface area contributed by atoms with Crippen LogP contribution in [0.2, 0.25) is 0 Å². The first-order valence-corrected chi connectivity index (χ1v) is 5.13. The molecule has 94 valence electrons. The molecule has 1 aromatic rings. The highest BCUT2D eigenvalue weighted by atomic mass is 16.6. The van der Waals surface area contributed by atoms with Gasteiger partial charge in [-0.2, -0.15) is 0 Å². The largest absolute Gasteiger partial charge is 0.477 e. The van der Waals surface area contributed by atoms with Crippen molar-refractivity contribution >= 4 is 11.6 Å². The maximum Gasteiger partial charge on any atom is 0.311 e. The van der Waals surface area contributed by atoms with E-state index in [9.17, 15) is 14.9 Å². The third-order valence-electron chi connectivity index (χ3n) is 2.12. The minimum atomic E-state index is -0.554. The van der Waals surface area contributed by atoms with E-state index in [1.54, 1.807) is 19.1 Å². The van der Waals surface area contributed by atoms with Crippen LogP contribution in [-0.4, -0.2) is 24.0 Å². The number of nitrogens with one attached hydrogen (secondary N) is 1. The zero-order valence-corrected chi connectivity index (χ0v) is 9.80. The van der Waals surface area contributed by atoms with Crippen LogP contribution in [0.4, 0.5) is 5.69 Å². The average Bonchev–Trinajstić information content (AvgIpc) is 2.34. The molecular weight excluding hydrogens is 236 g/mol. The van der Waals surface area contributed by atoms with Crippen LogP contribution in [0.1, 0.15) is 5.56 Å². The van der Waals surface area contributed by atoms with Gasteiger partial charge in [0.1, 0.15) is 0 Å². The van der Waals surface area contributed by atoms with E-state index in [1.165, 1.54) is 6.07 Å². The van der Waals surface area contributed by atoms with Gasteiger partial charge in [0.2, 0.25) is 5.75 Å². The van der Waals surface area contributed by atoms with E-state index < -0.39 is 10.8 Å². The molecule has 6 nitrogen and oxygen atoms in total.